The fourth-order valence-electron chi connectivity index (χ4n) is 2.52. The van der Waals surface area contributed by atoms with E-state index in [0.29, 0.717) is 37.8 Å². The first kappa shape index (κ1) is 19.4. The first-order valence-electron chi connectivity index (χ1n) is 8.16. The fraction of sp³-hybridized carbons (Fsp3) is 0.529. The monoisotopic (exact) mass is 368 g/mol. The number of benzene rings is 1. The number of piperidine rings is 1. The van der Waals surface area contributed by atoms with Crippen molar-refractivity contribution in [1.29, 1.82) is 0 Å². The summed E-state index contributed by atoms with van der Waals surface area (Å²) in [5.74, 6) is 0. The Bertz CT molecular complexity index is 714. The van der Waals surface area contributed by atoms with Crippen LogP contribution >= 0.6 is 0 Å². The topological polar surface area (TPSA) is 92.8 Å². The molecule has 0 bridgehead atoms. The third-order valence-electron chi connectivity index (χ3n) is 3.79. The van der Waals surface area contributed by atoms with Crippen molar-refractivity contribution in [1.82, 2.24) is 9.62 Å². The third kappa shape index (κ3) is 5.54. The second kappa shape index (κ2) is 7.53. The number of amides is 1. The lowest BCUT2D eigenvalue weighted by atomic mass is 10.1. The van der Waals surface area contributed by atoms with Gasteiger partial charge in [-0.1, -0.05) is 12.1 Å². The van der Waals surface area contributed by atoms with Gasteiger partial charge in [-0.05, 0) is 45.7 Å². The van der Waals surface area contributed by atoms with E-state index in [2.05, 4.69) is 4.72 Å². The third-order valence-corrected chi connectivity index (χ3v) is 5.33. The number of carbonyl (C=O) groups excluding carboxylic acids is 2. The second-order valence-corrected chi connectivity index (χ2v) is 8.76. The molecule has 1 heterocycles. The summed E-state index contributed by atoms with van der Waals surface area (Å²) in [6, 6.07) is 5.50. The van der Waals surface area contributed by atoms with Crippen molar-refractivity contribution in [3.8, 4) is 0 Å². The van der Waals surface area contributed by atoms with Crippen molar-refractivity contribution < 1.29 is 22.7 Å². The van der Waals surface area contributed by atoms with Crippen LogP contribution < -0.4 is 4.72 Å². The number of carbonyl (C=O) groups is 2. The molecule has 0 aromatic heterocycles. The zero-order valence-electron chi connectivity index (χ0n) is 14.7. The zero-order chi connectivity index (χ0) is 18.7. The Labute approximate surface area is 148 Å². The molecule has 1 aromatic carbocycles. The lowest BCUT2D eigenvalue weighted by Gasteiger charge is -2.33. The van der Waals surface area contributed by atoms with Gasteiger partial charge >= 0.3 is 6.09 Å². The molecular weight excluding hydrogens is 344 g/mol. The van der Waals surface area contributed by atoms with E-state index in [1.807, 2.05) is 20.8 Å². The molecule has 0 atom stereocenters. The summed E-state index contributed by atoms with van der Waals surface area (Å²) in [5.41, 5.74) is -0.131. The van der Waals surface area contributed by atoms with E-state index in [4.69, 9.17) is 4.74 Å². The summed E-state index contributed by atoms with van der Waals surface area (Å²) in [7, 11) is -3.65. The minimum absolute atomic E-state index is 0.118. The number of aldehydes is 1. The molecule has 0 spiro atoms. The van der Waals surface area contributed by atoms with E-state index in [1.165, 1.54) is 24.3 Å². The standard InChI is InChI=1S/C17H24N2O5S/c1-17(2,3)24-16(21)19-10-8-14(9-11-19)18-25(22,23)15-6-4-13(12-20)5-7-15/h4-7,12,14,18H,8-11H2,1-3H3. The van der Waals surface area contributed by atoms with Crippen LogP contribution in [0.25, 0.3) is 0 Å². The number of likely N-dealkylation sites (tertiary alicyclic amines) is 1. The summed E-state index contributed by atoms with van der Waals surface area (Å²) < 4.78 is 32.8. The highest BCUT2D eigenvalue weighted by molar-refractivity contribution is 7.89. The SMILES string of the molecule is CC(C)(C)OC(=O)N1CCC(NS(=O)(=O)c2ccc(C=O)cc2)CC1. The molecule has 1 aromatic rings. The smallest absolute Gasteiger partial charge is 0.410 e. The van der Waals surface area contributed by atoms with Gasteiger partial charge in [-0.3, -0.25) is 4.79 Å². The van der Waals surface area contributed by atoms with Gasteiger partial charge in [-0.15, -0.1) is 0 Å². The zero-order valence-corrected chi connectivity index (χ0v) is 15.5. The van der Waals surface area contributed by atoms with Gasteiger partial charge in [0.05, 0.1) is 4.90 Å². The van der Waals surface area contributed by atoms with Crippen molar-refractivity contribution in [3.05, 3.63) is 29.8 Å². The number of hydrogen-bond donors (Lipinski definition) is 1. The maximum absolute atomic E-state index is 12.4. The molecule has 25 heavy (non-hydrogen) atoms. The van der Waals surface area contributed by atoms with Gasteiger partial charge < -0.3 is 9.64 Å². The molecule has 1 aliphatic rings. The molecule has 138 valence electrons. The molecule has 2 rings (SSSR count). The minimum Gasteiger partial charge on any atom is -0.444 e. The summed E-state index contributed by atoms with van der Waals surface area (Å²) in [4.78, 5) is 24.4. The van der Waals surface area contributed by atoms with Crippen LogP contribution in [0, 0.1) is 0 Å². The van der Waals surface area contributed by atoms with E-state index in [-0.39, 0.29) is 17.0 Å². The van der Waals surface area contributed by atoms with E-state index in [1.54, 1.807) is 4.90 Å². The normalized spacial score (nSPS) is 16.5. The van der Waals surface area contributed by atoms with Gasteiger partial charge in [0.15, 0.2) is 0 Å². The number of rotatable bonds is 4. The van der Waals surface area contributed by atoms with Crippen molar-refractivity contribution in [2.24, 2.45) is 0 Å². The number of sulfonamides is 1. The molecule has 0 aliphatic carbocycles. The highest BCUT2D eigenvalue weighted by Crippen LogP contribution is 2.18. The lowest BCUT2D eigenvalue weighted by Crippen LogP contribution is -2.47. The van der Waals surface area contributed by atoms with Crippen LogP contribution in [0.5, 0.6) is 0 Å². The first-order valence-corrected chi connectivity index (χ1v) is 9.64. The van der Waals surface area contributed by atoms with Crippen molar-refractivity contribution in [2.75, 3.05) is 13.1 Å². The number of ether oxygens (including phenoxy) is 1. The lowest BCUT2D eigenvalue weighted by molar-refractivity contribution is 0.0203. The van der Waals surface area contributed by atoms with Crippen LogP contribution in [-0.4, -0.2) is 50.4 Å². The molecule has 1 N–H and O–H groups in total. The van der Waals surface area contributed by atoms with Gasteiger partial charge in [0.25, 0.3) is 0 Å². The molecule has 0 saturated carbocycles. The van der Waals surface area contributed by atoms with Crippen molar-refractivity contribution >= 4 is 22.4 Å². The van der Waals surface area contributed by atoms with Crippen molar-refractivity contribution in [2.45, 2.75) is 50.2 Å². The van der Waals surface area contributed by atoms with Gasteiger partial charge in [0.2, 0.25) is 10.0 Å². The van der Waals surface area contributed by atoms with Gasteiger partial charge in [-0.2, -0.15) is 0 Å². The quantitative estimate of drug-likeness (QED) is 0.822. The molecule has 0 radical (unpaired) electrons. The van der Waals surface area contributed by atoms with E-state index in [9.17, 15) is 18.0 Å². The van der Waals surface area contributed by atoms with Crippen LogP contribution in [0.4, 0.5) is 4.79 Å². The van der Waals surface area contributed by atoms with Crippen LogP contribution in [-0.2, 0) is 14.8 Å². The Morgan fingerprint density at radius 3 is 2.24 bits per heavy atom. The number of nitrogens with one attached hydrogen (secondary N) is 1. The van der Waals surface area contributed by atoms with Crippen LogP contribution in [0.15, 0.2) is 29.2 Å². The maximum atomic E-state index is 12.4. The van der Waals surface area contributed by atoms with Gasteiger partial charge in [0, 0.05) is 24.7 Å². The molecule has 0 unspecified atom stereocenters. The predicted molar refractivity (Wildman–Crippen MR) is 93.0 cm³/mol. The first-order chi connectivity index (χ1) is 11.6. The Kier molecular flexibility index (Phi) is 5.84. The van der Waals surface area contributed by atoms with Crippen LogP contribution in [0.1, 0.15) is 44.0 Å². The largest absolute Gasteiger partial charge is 0.444 e. The summed E-state index contributed by atoms with van der Waals surface area (Å²) in [6.07, 6.45) is 1.32. The highest BCUT2D eigenvalue weighted by Gasteiger charge is 2.29. The van der Waals surface area contributed by atoms with E-state index in [0.717, 1.165) is 0 Å². The average Bonchev–Trinajstić information content (AvgIpc) is 2.53. The number of hydrogen-bond acceptors (Lipinski definition) is 5. The second-order valence-electron chi connectivity index (χ2n) is 7.05. The Hall–Kier alpha value is -1.93. The van der Waals surface area contributed by atoms with E-state index >= 15 is 0 Å². The summed E-state index contributed by atoms with van der Waals surface area (Å²) >= 11 is 0. The molecule has 7 nitrogen and oxygen atoms in total. The maximum Gasteiger partial charge on any atom is 0.410 e. The Morgan fingerprint density at radius 2 is 1.76 bits per heavy atom. The van der Waals surface area contributed by atoms with Gasteiger partial charge in [-0.25, -0.2) is 17.9 Å². The Morgan fingerprint density at radius 1 is 1.20 bits per heavy atom. The predicted octanol–water partition coefficient (Wildman–Crippen LogP) is 2.18. The van der Waals surface area contributed by atoms with Crippen LogP contribution in [0.3, 0.4) is 0 Å². The molecular formula is C17H24N2O5S. The summed E-state index contributed by atoms with van der Waals surface area (Å²) in [6.45, 7) is 6.30. The molecule has 1 fully saturated rings. The molecule has 1 amide bonds. The van der Waals surface area contributed by atoms with E-state index < -0.39 is 15.6 Å². The van der Waals surface area contributed by atoms with Gasteiger partial charge in [0.1, 0.15) is 11.9 Å². The summed E-state index contributed by atoms with van der Waals surface area (Å²) in [5, 5.41) is 0. The molecule has 1 aliphatic heterocycles. The average molecular weight is 368 g/mol. The Balaban J connectivity index is 1.92. The van der Waals surface area contributed by atoms with Crippen LogP contribution in [0.2, 0.25) is 0 Å². The molecule has 8 heteroatoms. The minimum atomic E-state index is -3.65. The highest BCUT2D eigenvalue weighted by atomic mass is 32.2. The fourth-order valence-corrected chi connectivity index (χ4v) is 3.82. The van der Waals surface area contributed by atoms with Crippen molar-refractivity contribution in [3.63, 3.8) is 0 Å². The number of nitrogens with zero attached hydrogens (tertiary/aromatic N) is 1. The molecule has 1 saturated heterocycles.